The Kier molecular flexibility index (Phi) is 5.62. The maximum atomic E-state index is 3.70. The predicted octanol–water partition coefficient (Wildman–Crippen LogP) is 2.49. The van der Waals surface area contributed by atoms with Crippen LogP contribution in [0.15, 0.2) is 0 Å². The van der Waals surface area contributed by atoms with E-state index >= 15 is 0 Å². The van der Waals surface area contributed by atoms with Crippen LogP contribution in [0.5, 0.6) is 0 Å². The maximum Gasteiger partial charge on any atom is 0.00927 e. The van der Waals surface area contributed by atoms with Crippen molar-refractivity contribution in [1.29, 1.82) is 0 Å². The van der Waals surface area contributed by atoms with E-state index in [1.54, 1.807) is 0 Å². The van der Waals surface area contributed by atoms with Crippen LogP contribution in [0.25, 0.3) is 0 Å². The Morgan fingerprint density at radius 1 is 1.33 bits per heavy atom. The van der Waals surface area contributed by atoms with Gasteiger partial charge in [0.2, 0.25) is 0 Å². The average Bonchev–Trinajstić information content (AvgIpc) is 3.01. The van der Waals surface area contributed by atoms with Crippen LogP contribution in [0.3, 0.4) is 0 Å². The van der Waals surface area contributed by atoms with Crippen molar-refractivity contribution < 1.29 is 0 Å². The van der Waals surface area contributed by atoms with Crippen LogP contribution in [0.2, 0.25) is 0 Å². The van der Waals surface area contributed by atoms with Gasteiger partial charge in [-0.15, -0.1) is 0 Å². The van der Waals surface area contributed by atoms with Crippen LogP contribution < -0.4 is 5.32 Å². The third-order valence-corrected chi connectivity index (χ3v) is 3.61. The summed E-state index contributed by atoms with van der Waals surface area (Å²) < 4.78 is 0. The second kappa shape index (κ2) is 6.49. The number of nitrogens with zero attached hydrogens (tertiary/aromatic N) is 1. The fourth-order valence-electron chi connectivity index (χ4n) is 2.02. The van der Waals surface area contributed by atoms with Gasteiger partial charge >= 0.3 is 0 Å². The first kappa shape index (κ1) is 13.0. The smallest absolute Gasteiger partial charge is 0.00927 e. The standard InChI is InChI=1S/C13H28N2/c1-5-13(12-7-8-12)14-9-6-10-15(4)11(2)3/h11-14H,5-10H2,1-4H3. The molecule has 0 amide bonds. The second-order valence-electron chi connectivity index (χ2n) is 5.23. The zero-order chi connectivity index (χ0) is 11.3. The van der Waals surface area contributed by atoms with Crippen LogP contribution in [0, 0.1) is 5.92 Å². The lowest BCUT2D eigenvalue weighted by Crippen LogP contribution is -2.34. The van der Waals surface area contributed by atoms with Crippen molar-refractivity contribution in [3.8, 4) is 0 Å². The maximum absolute atomic E-state index is 3.70. The third-order valence-electron chi connectivity index (χ3n) is 3.61. The molecular weight excluding hydrogens is 184 g/mol. The summed E-state index contributed by atoms with van der Waals surface area (Å²) in [5.41, 5.74) is 0. The Balaban J connectivity index is 2.00. The molecule has 0 saturated heterocycles. The van der Waals surface area contributed by atoms with Gasteiger partial charge in [-0.2, -0.15) is 0 Å². The van der Waals surface area contributed by atoms with E-state index in [4.69, 9.17) is 0 Å². The van der Waals surface area contributed by atoms with Crippen LogP contribution >= 0.6 is 0 Å². The molecular formula is C13H28N2. The van der Waals surface area contributed by atoms with E-state index in [0.717, 1.165) is 12.0 Å². The molecule has 0 spiro atoms. The van der Waals surface area contributed by atoms with Crippen molar-refractivity contribution in [3.63, 3.8) is 0 Å². The molecule has 1 aliphatic carbocycles. The third kappa shape index (κ3) is 4.98. The van der Waals surface area contributed by atoms with Crippen LogP contribution in [-0.2, 0) is 0 Å². The minimum absolute atomic E-state index is 0.676. The van der Waals surface area contributed by atoms with Gasteiger partial charge in [0, 0.05) is 12.1 Å². The molecule has 2 nitrogen and oxygen atoms in total. The topological polar surface area (TPSA) is 15.3 Å². The van der Waals surface area contributed by atoms with Gasteiger partial charge in [-0.05, 0) is 65.6 Å². The first-order chi connectivity index (χ1) is 7.15. The van der Waals surface area contributed by atoms with Crippen molar-refractivity contribution in [2.24, 2.45) is 5.92 Å². The van der Waals surface area contributed by atoms with Gasteiger partial charge in [-0.1, -0.05) is 6.92 Å². The summed E-state index contributed by atoms with van der Waals surface area (Å²) in [6.07, 6.45) is 5.48. The highest BCUT2D eigenvalue weighted by molar-refractivity contribution is 4.85. The Morgan fingerprint density at radius 2 is 2.00 bits per heavy atom. The molecule has 0 bridgehead atoms. The minimum atomic E-state index is 0.676. The van der Waals surface area contributed by atoms with Crippen molar-refractivity contribution in [3.05, 3.63) is 0 Å². The fraction of sp³-hybridized carbons (Fsp3) is 1.00. The molecule has 1 N–H and O–H groups in total. The Labute approximate surface area is 95.4 Å². The first-order valence-electron chi connectivity index (χ1n) is 6.58. The Hall–Kier alpha value is -0.0800. The second-order valence-corrected chi connectivity index (χ2v) is 5.23. The van der Waals surface area contributed by atoms with Crippen molar-refractivity contribution in [1.82, 2.24) is 10.2 Å². The molecule has 1 fully saturated rings. The van der Waals surface area contributed by atoms with Gasteiger partial charge in [0.1, 0.15) is 0 Å². The molecule has 0 aliphatic heterocycles. The molecule has 2 heteroatoms. The summed E-state index contributed by atoms with van der Waals surface area (Å²) >= 11 is 0. The molecule has 1 atom stereocenters. The molecule has 15 heavy (non-hydrogen) atoms. The Bertz CT molecular complexity index is 164. The lowest BCUT2D eigenvalue weighted by molar-refractivity contribution is 0.266. The van der Waals surface area contributed by atoms with Gasteiger partial charge in [-0.3, -0.25) is 0 Å². The van der Waals surface area contributed by atoms with E-state index in [9.17, 15) is 0 Å². The summed E-state index contributed by atoms with van der Waals surface area (Å²) in [6.45, 7) is 9.22. The lowest BCUT2D eigenvalue weighted by Gasteiger charge is -2.22. The van der Waals surface area contributed by atoms with Crippen molar-refractivity contribution in [2.45, 2.75) is 58.5 Å². The van der Waals surface area contributed by atoms with E-state index in [0.29, 0.717) is 6.04 Å². The highest BCUT2D eigenvalue weighted by Crippen LogP contribution is 2.33. The van der Waals surface area contributed by atoms with Crippen LogP contribution in [0.1, 0.15) is 46.5 Å². The van der Waals surface area contributed by atoms with Crippen LogP contribution in [0.4, 0.5) is 0 Å². The largest absolute Gasteiger partial charge is 0.314 e. The number of rotatable bonds is 8. The number of hydrogen-bond acceptors (Lipinski definition) is 2. The van der Waals surface area contributed by atoms with E-state index in [1.165, 1.54) is 38.8 Å². The van der Waals surface area contributed by atoms with Gasteiger partial charge in [0.05, 0.1) is 0 Å². The highest BCUT2D eigenvalue weighted by Gasteiger charge is 2.29. The fourth-order valence-corrected chi connectivity index (χ4v) is 2.02. The lowest BCUT2D eigenvalue weighted by atomic mass is 10.1. The van der Waals surface area contributed by atoms with Crippen molar-refractivity contribution in [2.75, 3.05) is 20.1 Å². The monoisotopic (exact) mass is 212 g/mol. The quantitative estimate of drug-likeness (QED) is 0.622. The molecule has 0 aromatic carbocycles. The van der Waals surface area contributed by atoms with Crippen molar-refractivity contribution >= 4 is 0 Å². The van der Waals surface area contributed by atoms with E-state index < -0.39 is 0 Å². The van der Waals surface area contributed by atoms with E-state index in [1.807, 2.05) is 0 Å². The van der Waals surface area contributed by atoms with Gasteiger partial charge in [-0.25, -0.2) is 0 Å². The molecule has 0 aromatic rings. The molecule has 0 aromatic heterocycles. The van der Waals surface area contributed by atoms with Gasteiger partial charge in [0.15, 0.2) is 0 Å². The molecule has 1 saturated carbocycles. The average molecular weight is 212 g/mol. The van der Waals surface area contributed by atoms with E-state index in [-0.39, 0.29) is 0 Å². The number of nitrogens with one attached hydrogen (secondary N) is 1. The summed E-state index contributed by atoms with van der Waals surface area (Å²) in [5.74, 6) is 0.998. The van der Waals surface area contributed by atoms with Gasteiger partial charge < -0.3 is 10.2 Å². The molecule has 0 heterocycles. The summed E-state index contributed by atoms with van der Waals surface area (Å²) in [4.78, 5) is 2.42. The zero-order valence-electron chi connectivity index (χ0n) is 10.9. The molecule has 90 valence electrons. The summed E-state index contributed by atoms with van der Waals surface area (Å²) in [5, 5.41) is 3.70. The summed E-state index contributed by atoms with van der Waals surface area (Å²) in [6, 6.07) is 1.48. The molecule has 0 radical (unpaired) electrons. The molecule has 1 rings (SSSR count). The highest BCUT2D eigenvalue weighted by atomic mass is 15.1. The predicted molar refractivity (Wildman–Crippen MR) is 67.2 cm³/mol. The molecule has 1 aliphatic rings. The minimum Gasteiger partial charge on any atom is -0.314 e. The first-order valence-corrected chi connectivity index (χ1v) is 6.58. The normalized spacial score (nSPS) is 18.8. The molecule has 1 unspecified atom stereocenters. The van der Waals surface area contributed by atoms with Gasteiger partial charge in [0.25, 0.3) is 0 Å². The SMILES string of the molecule is CCC(NCCCN(C)C(C)C)C1CC1. The zero-order valence-corrected chi connectivity index (χ0v) is 10.9. The summed E-state index contributed by atoms with van der Waals surface area (Å²) in [7, 11) is 2.21. The van der Waals surface area contributed by atoms with E-state index in [2.05, 4.69) is 38.0 Å². The van der Waals surface area contributed by atoms with Crippen LogP contribution in [-0.4, -0.2) is 37.1 Å². The number of hydrogen-bond donors (Lipinski definition) is 1. The Morgan fingerprint density at radius 3 is 2.47 bits per heavy atom.